The van der Waals surface area contributed by atoms with E-state index < -0.39 is 12.2 Å². The first-order valence-electron chi connectivity index (χ1n) is 4.96. The molecular weight excluding hydrogens is 230 g/mol. The Morgan fingerprint density at radius 3 is 2.88 bits per heavy atom. The van der Waals surface area contributed by atoms with Crippen LogP contribution < -0.4 is 5.32 Å². The van der Waals surface area contributed by atoms with Gasteiger partial charge in [-0.25, -0.2) is 0 Å². The van der Waals surface area contributed by atoms with Gasteiger partial charge in [-0.1, -0.05) is 12.1 Å². The van der Waals surface area contributed by atoms with Gasteiger partial charge in [0.05, 0.1) is 12.0 Å². The van der Waals surface area contributed by atoms with Crippen molar-refractivity contribution in [3.05, 3.63) is 34.9 Å². The largest absolute Gasteiger partial charge is 0.389 e. The predicted molar refractivity (Wildman–Crippen MR) is 59.3 cm³/mol. The van der Waals surface area contributed by atoms with Crippen molar-refractivity contribution in [3.8, 4) is 0 Å². The number of nitrogens with one attached hydrogen (secondary N) is 1. The van der Waals surface area contributed by atoms with Crippen LogP contribution in [-0.2, 0) is 6.54 Å². The molecule has 1 aromatic carbocycles. The van der Waals surface area contributed by atoms with Gasteiger partial charge in [0.1, 0.15) is 6.10 Å². The zero-order valence-electron chi connectivity index (χ0n) is 8.48. The summed E-state index contributed by atoms with van der Waals surface area (Å²) in [6.07, 6.45) is -2.01. The molecule has 2 rings (SSSR count). The third-order valence-corrected chi connectivity index (χ3v) is 2.99. The molecule has 0 bridgehead atoms. The topological polar surface area (TPSA) is 69.6 Å². The van der Waals surface area contributed by atoms with Crippen LogP contribution in [0.1, 0.15) is 27.6 Å². The molecule has 1 aliphatic rings. The molecule has 86 valence electrons. The van der Waals surface area contributed by atoms with Crippen LogP contribution in [0.3, 0.4) is 0 Å². The molecule has 0 aliphatic carbocycles. The summed E-state index contributed by atoms with van der Waals surface area (Å²) in [5.41, 5.74) is 2.03. The van der Waals surface area contributed by atoms with Gasteiger partial charge in [-0.05, 0) is 17.2 Å². The highest BCUT2D eigenvalue weighted by Crippen LogP contribution is 2.23. The van der Waals surface area contributed by atoms with Crippen LogP contribution in [0.4, 0.5) is 0 Å². The fourth-order valence-corrected chi connectivity index (χ4v) is 1.91. The molecule has 0 saturated carbocycles. The minimum absolute atomic E-state index is 0.0323. The van der Waals surface area contributed by atoms with E-state index in [4.69, 9.17) is 11.6 Å². The van der Waals surface area contributed by atoms with E-state index in [9.17, 15) is 15.0 Å². The molecule has 0 radical (unpaired) electrons. The third kappa shape index (κ3) is 1.91. The maximum Gasteiger partial charge on any atom is 0.251 e. The summed E-state index contributed by atoms with van der Waals surface area (Å²) in [5.74, 6) is -0.135. The second-order valence-electron chi connectivity index (χ2n) is 3.77. The van der Waals surface area contributed by atoms with Crippen LogP contribution in [0.25, 0.3) is 0 Å². The molecule has 1 aliphatic heterocycles. The van der Waals surface area contributed by atoms with E-state index in [1.54, 1.807) is 18.2 Å². The number of benzene rings is 1. The summed E-state index contributed by atoms with van der Waals surface area (Å²) in [5, 5.41) is 21.8. The number of carbonyl (C=O) groups is 1. The Labute approximate surface area is 97.9 Å². The van der Waals surface area contributed by atoms with E-state index >= 15 is 0 Å². The van der Waals surface area contributed by atoms with Gasteiger partial charge in [0.2, 0.25) is 0 Å². The lowest BCUT2D eigenvalue weighted by atomic mass is 10.00. The average molecular weight is 242 g/mol. The van der Waals surface area contributed by atoms with Crippen molar-refractivity contribution >= 4 is 17.5 Å². The number of rotatable bonds is 3. The minimum atomic E-state index is -1.02. The second kappa shape index (κ2) is 4.41. The number of aliphatic hydroxyl groups excluding tert-OH is 2. The number of alkyl halides is 1. The highest BCUT2D eigenvalue weighted by Gasteiger charge is 2.22. The van der Waals surface area contributed by atoms with E-state index in [0.29, 0.717) is 17.7 Å². The van der Waals surface area contributed by atoms with E-state index in [2.05, 4.69) is 5.32 Å². The SMILES string of the molecule is O=C1NCc2cc(C(O)C(O)CCl)ccc21. The minimum Gasteiger partial charge on any atom is -0.389 e. The Kier molecular flexibility index (Phi) is 3.14. The standard InChI is InChI=1S/C11H12ClNO3/c12-4-9(14)10(15)6-1-2-8-7(3-6)5-13-11(8)16/h1-3,9-10,14-15H,4-5H2,(H,13,16). The summed E-state index contributed by atoms with van der Waals surface area (Å²) in [7, 11) is 0. The summed E-state index contributed by atoms with van der Waals surface area (Å²) < 4.78 is 0. The first-order chi connectivity index (χ1) is 7.63. The number of amides is 1. The third-order valence-electron chi connectivity index (χ3n) is 2.68. The summed E-state index contributed by atoms with van der Waals surface area (Å²) in [4.78, 5) is 11.3. The Balaban J connectivity index is 2.28. The highest BCUT2D eigenvalue weighted by atomic mass is 35.5. The van der Waals surface area contributed by atoms with Crippen molar-refractivity contribution in [3.63, 3.8) is 0 Å². The first-order valence-corrected chi connectivity index (χ1v) is 5.50. The maximum atomic E-state index is 11.3. The van der Waals surface area contributed by atoms with Crippen LogP contribution in [0.5, 0.6) is 0 Å². The van der Waals surface area contributed by atoms with Gasteiger partial charge in [-0.15, -0.1) is 11.6 Å². The van der Waals surface area contributed by atoms with Gasteiger partial charge < -0.3 is 15.5 Å². The Morgan fingerprint density at radius 1 is 1.44 bits per heavy atom. The van der Waals surface area contributed by atoms with Crippen LogP contribution in [0.2, 0.25) is 0 Å². The molecular formula is C11H12ClNO3. The number of carbonyl (C=O) groups excluding carboxylic acids is 1. The fourth-order valence-electron chi connectivity index (χ4n) is 1.74. The van der Waals surface area contributed by atoms with Crippen molar-refractivity contribution < 1.29 is 15.0 Å². The molecule has 3 N–H and O–H groups in total. The molecule has 1 heterocycles. The number of aliphatic hydroxyl groups is 2. The Morgan fingerprint density at radius 2 is 2.19 bits per heavy atom. The summed E-state index contributed by atoms with van der Waals surface area (Å²) in [6.45, 7) is 0.464. The summed E-state index contributed by atoms with van der Waals surface area (Å²) in [6, 6.07) is 5.00. The van der Waals surface area contributed by atoms with E-state index in [1.807, 2.05) is 0 Å². The molecule has 1 aromatic rings. The van der Waals surface area contributed by atoms with Gasteiger partial charge in [0.25, 0.3) is 5.91 Å². The molecule has 1 amide bonds. The number of hydrogen-bond donors (Lipinski definition) is 3. The average Bonchev–Trinajstić information content (AvgIpc) is 2.68. The van der Waals surface area contributed by atoms with Crippen molar-refractivity contribution in [1.82, 2.24) is 5.32 Å². The molecule has 0 saturated heterocycles. The van der Waals surface area contributed by atoms with Crippen molar-refractivity contribution in [2.24, 2.45) is 0 Å². The van der Waals surface area contributed by atoms with Crippen LogP contribution in [-0.4, -0.2) is 28.1 Å². The van der Waals surface area contributed by atoms with Gasteiger partial charge in [-0.3, -0.25) is 4.79 Å². The van der Waals surface area contributed by atoms with Crippen molar-refractivity contribution in [1.29, 1.82) is 0 Å². The van der Waals surface area contributed by atoms with Crippen molar-refractivity contribution in [2.75, 3.05) is 5.88 Å². The predicted octanol–water partition coefficient (Wildman–Crippen LogP) is 0.563. The maximum absolute atomic E-state index is 11.3. The zero-order valence-corrected chi connectivity index (χ0v) is 9.24. The highest BCUT2D eigenvalue weighted by molar-refractivity contribution is 6.18. The van der Waals surface area contributed by atoms with Gasteiger partial charge in [0.15, 0.2) is 0 Å². The number of fused-ring (bicyclic) bond motifs is 1. The van der Waals surface area contributed by atoms with Gasteiger partial charge >= 0.3 is 0 Å². The van der Waals surface area contributed by atoms with E-state index in [0.717, 1.165) is 5.56 Å². The fraction of sp³-hybridized carbons (Fsp3) is 0.364. The monoisotopic (exact) mass is 241 g/mol. The molecule has 2 atom stereocenters. The molecule has 0 spiro atoms. The molecule has 4 nitrogen and oxygen atoms in total. The quantitative estimate of drug-likeness (QED) is 0.678. The Hall–Kier alpha value is -1.10. The lowest BCUT2D eigenvalue weighted by Gasteiger charge is -2.16. The molecule has 16 heavy (non-hydrogen) atoms. The Bertz CT molecular complexity index is 422. The number of hydrogen-bond acceptors (Lipinski definition) is 3. The zero-order chi connectivity index (χ0) is 11.7. The second-order valence-corrected chi connectivity index (χ2v) is 4.07. The normalized spacial score (nSPS) is 17.8. The van der Waals surface area contributed by atoms with Crippen LogP contribution in [0.15, 0.2) is 18.2 Å². The van der Waals surface area contributed by atoms with Crippen molar-refractivity contribution in [2.45, 2.75) is 18.8 Å². The van der Waals surface area contributed by atoms with Crippen LogP contribution in [0, 0.1) is 0 Å². The lowest BCUT2D eigenvalue weighted by Crippen LogP contribution is -2.19. The molecule has 0 fully saturated rings. The summed E-state index contributed by atoms with van der Waals surface area (Å²) >= 11 is 5.46. The van der Waals surface area contributed by atoms with E-state index in [1.165, 1.54) is 0 Å². The molecule has 0 aromatic heterocycles. The van der Waals surface area contributed by atoms with E-state index in [-0.39, 0.29) is 11.8 Å². The lowest BCUT2D eigenvalue weighted by molar-refractivity contribution is 0.0327. The van der Waals surface area contributed by atoms with Gasteiger partial charge in [-0.2, -0.15) is 0 Å². The number of halogens is 1. The first kappa shape index (κ1) is 11.4. The smallest absolute Gasteiger partial charge is 0.251 e. The van der Waals surface area contributed by atoms with Gasteiger partial charge in [0, 0.05) is 12.1 Å². The molecule has 5 heteroatoms. The molecule has 2 unspecified atom stereocenters. The van der Waals surface area contributed by atoms with Crippen LogP contribution >= 0.6 is 11.6 Å².